The molecule has 8 nitrogen and oxygen atoms in total. The molecule has 3 rings (SSSR count). The summed E-state index contributed by atoms with van der Waals surface area (Å²) in [4.78, 5) is 24.1. The van der Waals surface area contributed by atoms with Crippen molar-refractivity contribution in [2.24, 2.45) is 5.92 Å². The Morgan fingerprint density at radius 3 is 2.83 bits per heavy atom. The van der Waals surface area contributed by atoms with Crippen molar-refractivity contribution >= 4 is 32.6 Å². The molecule has 0 spiro atoms. The first-order valence-electron chi connectivity index (χ1n) is 9.71. The van der Waals surface area contributed by atoms with E-state index in [9.17, 15) is 13.2 Å². The van der Waals surface area contributed by atoms with Crippen LogP contribution in [0.2, 0.25) is 0 Å². The first-order valence-corrected chi connectivity index (χ1v) is 11.6. The number of methoxy groups -OCH3 is 1. The van der Waals surface area contributed by atoms with Crippen molar-refractivity contribution in [1.29, 1.82) is 0 Å². The fourth-order valence-corrected chi connectivity index (χ4v) is 4.29. The first kappa shape index (κ1) is 21.4. The van der Waals surface area contributed by atoms with E-state index in [2.05, 4.69) is 15.3 Å². The second-order valence-electron chi connectivity index (χ2n) is 7.71. The van der Waals surface area contributed by atoms with E-state index in [-0.39, 0.29) is 22.8 Å². The predicted octanol–water partition coefficient (Wildman–Crippen LogP) is 1.71. The molecule has 1 aliphatic rings. The highest BCUT2D eigenvalue weighted by Gasteiger charge is 2.28. The van der Waals surface area contributed by atoms with Crippen molar-refractivity contribution in [3.63, 3.8) is 0 Å². The maximum atomic E-state index is 12.6. The van der Waals surface area contributed by atoms with Crippen LogP contribution in [0.25, 0.3) is 10.9 Å². The SMILES string of the molecule is COCC(C)NC(=O)C1CCCN(c2nc(C)c3ccc(S(C)(=O)=O)cc3n2)C1. The summed E-state index contributed by atoms with van der Waals surface area (Å²) < 4.78 is 28.9. The number of carbonyl (C=O) groups excluding carboxylic acids is 1. The summed E-state index contributed by atoms with van der Waals surface area (Å²) in [5.74, 6) is 0.393. The highest BCUT2D eigenvalue weighted by molar-refractivity contribution is 7.90. The summed E-state index contributed by atoms with van der Waals surface area (Å²) in [5, 5.41) is 3.81. The lowest BCUT2D eigenvalue weighted by molar-refractivity contribution is -0.126. The molecule has 0 saturated carbocycles. The molecule has 2 unspecified atom stereocenters. The van der Waals surface area contributed by atoms with E-state index in [1.807, 2.05) is 18.7 Å². The van der Waals surface area contributed by atoms with Crippen LogP contribution in [0.4, 0.5) is 5.95 Å². The van der Waals surface area contributed by atoms with Gasteiger partial charge in [0, 0.05) is 37.9 Å². The number of ether oxygens (including phenoxy) is 1. The molecule has 2 atom stereocenters. The summed E-state index contributed by atoms with van der Waals surface area (Å²) in [5.41, 5.74) is 1.38. The number of nitrogens with zero attached hydrogens (tertiary/aromatic N) is 3. The predicted molar refractivity (Wildman–Crippen MR) is 112 cm³/mol. The minimum atomic E-state index is -3.32. The molecule has 1 saturated heterocycles. The maximum Gasteiger partial charge on any atom is 0.226 e. The number of fused-ring (bicyclic) bond motifs is 1. The monoisotopic (exact) mass is 420 g/mol. The lowest BCUT2D eigenvalue weighted by Crippen LogP contribution is -2.46. The van der Waals surface area contributed by atoms with Gasteiger partial charge in [-0.25, -0.2) is 18.4 Å². The number of sulfone groups is 1. The Morgan fingerprint density at radius 2 is 2.14 bits per heavy atom. The number of amides is 1. The molecule has 1 aromatic carbocycles. The number of aryl methyl sites for hydroxylation is 1. The van der Waals surface area contributed by atoms with Crippen LogP contribution in [-0.4, -0.2) is 63.4 Å². The van der Waals surface area contributed by atoms with E-state index in [4.69, 9.17) is 4.74 Å². The van der Waals surface area contributed by atoms with Crippen molar-refractivity contribution in [2.75, 3.05) is 38.0 Å². The Bertz CT molecular complexity index is 1010. The summed E-state index contributed by atoms with van der Waals surface area (Å²) in [6.45, 7) is 5.56. The van der Waals surface area contributed by atoms with E-state index in [1.165, 1.54) is 6.26 Å². The lowest BCUT2D eigenvalue weighted by Gasteiger charge is -2.32. The van der Waals surface area contributed by atoms with Crippen molar-refractivity contribution in [3.05, 3.63) is 23.9 Å². The minimum Gasteiger partial charge on any atom is -0.383 e. The second kappa shape index (κ2) is 8.62. The van der Waals surface area contributed by atoms with Gasteiger partial charge in [0.1, 0.15) is 0 Å². The number of carbonyl (C=O) groups is 1. The van der Waals surface area contributed by atoms with Crippen molar-refractivity contribution < 1.29 is 17.9 Å². The van der Waals surface area contributed by atoms with Gasteiger partial charge in [-0.2, -0.15) is 0 Å². The van der Waals surface area contributed by atoms with Crippen LogP contribution in [0, 0.1) is 12.8 Å². The molecule has 9 heteroatoms. The van der Waals surface area contributed by atoms with Crippen LogP contribution in [0.1, 0.15) is 25.5 Å². The maximum absolute atomic E-state index is 12.6. The van der Waals surface area contributed by atoms with E-state index in [1.54, 1.807) is 25.3 Å². The number of piperidine rings is 1. The molecule has 29 heavy (non-hydrogen) atoms. The highest BCUT2D eigenvalue weighted by Crippen LogP contribution is 2.25. The Labute approximate surface area is 171 Å². The van der Waals surface area contributed by atoms with Crippen molar-refractivity contribution in [2.45, 2.75) is 37.6 Å². The first-order chi connectivity index (χ1) is 13.7. The van der Waals surface area contributed by atoms with Crippen LogP contribution in [0.15, 0.2) is 23.1 Å². The Hall–Kier alpha value is -2.26. The molecule has 1 aliphatic heterocycles. The normalized spacial score (nSPS) is 18.6. The van der Waals surface area contributed by atoms with Gasteiger partial charge in [0.25, 0.3) is 0 Å². The van der Waals surface area contributed by atoms with E-state index in [0.29, 0.717) is 24.6 Å². The van der Waals surface area contributed by atoms with Gasteiger partial charge in [-0.15, -0.1) is 0 Å². The van der Waals surface area contributed by atoms with E-state index < -0.39 is 9.84 Å². The molecule has 1 amide bonds. The Morgan fingerprint density at radius 1 is 1.38 bits per heavy atom. The number of hydrogen-bond donors (Lipinski definition) is 1. The van der Waals surface area contributed by atoms with Crippen molar-refractivity contribution in [1.82, 2.24) is 15.3 Å². The van der Waals surface area contributed by atoms with Crippen LogP contribution in [0.5, 0.6) is 0 Å². The van der Waals surface area contributed by atoms with E-state index in [0.717, 1.165) is 30.5 Å². The molecule has 2 aromatic rings. The molecule has 0 radical (unpaired) electrons. The molecule has 1 aromatic heterocycles. The Balaban J connectivity index is 1.84. The number of nitrogens with one attached hydrogen (secondary N) is 1. The second-order valence-corrected chi connectivity index (χ2v) is 9.73. The molecule has 158 valence electrons. The number of aromatic nitrogens is 2. The highest BCUT2D eigenvalue weighted by atomic mass is 32.2. The lowest BCUT2D eigenvalue weighted by atomic mass is 9.97. The van der Waals surface area contributed by atoms with Crippen molar-refractivity contribution in [3.8, 4) is 0 Å². The van der Waals surface area contributed by atoms with Crippen LogP contribution >= 0.6 is 0 Å². The average Bonchev–Trinajstić information content (AvgIpc) is 2.67. The van der Waals surface area contributed by atoms with Gasteiger partial charge in [0.15, 0.2) is 9.84 Å². The number of rotatable bonds is 6. The summed E-state index contributed by atoms with van der Waals surface area (Å²) in [6, 6.07) is 4.87. The van der Waals surface area contributed by atoms with Gasteiger partial charge in [-0.05, 0) is 44.9 Å². The van der Waals surface area contributed by atoms with Gasteiger partial charge < -0.3 is 15.0 Å². The quantitative estimate of drug-likeness (QED) is 0.759. The van der Waals surface area contributed by atoms with Gasteiger partial charge in [0.05, 0.1) is 28.6 Å². The fourth-order valence-electron chi connectivity index (χ4n) is 3.65. The zero-order valence-corrected chi connectivity index (χ0v) is 18.1. The largest absolute Gasteiger partial charge is 0.383 e. The number of hydrogen-bond acceptors (Lipinski definition) is 7. The standard InChI is InChI=1S/C20H28N4O4S/c1-13(12-28-3)21-19(25)15-6-5-9-24(11-15)20-22-14(2)17-8-7-16(29(4,26)27)10-18(17)23-20/h7-8,10,13,15H,5-6,9,11-12H2,1-4H3,(H,21,25). The number of anilines is 1. The summed E-state index contributed by atoms with van der Waals surface area (Å²) >= 11 is 0. The third-order valence-electron chi connectivity index (χ3n) is 5.16. The van der Waals surface area contributed by atoms with Gasteiger partial charge in [-0.3, -0.25) is 4.79 Å². The minimum absolute atomic E-state index is 0.0103. The molecule has 0 aliphatic carbocycles. The van der Waals surface area contributed by atoms with Gasteiger partial charge >= 0.3 is 0 Å². The molecule has 2 heterocycles. The van der Waals surface area contributed by atoms with Gasteiger partial charge in [0.2, 0.25) is 11.9 Å². The number of benzene rings is 1. The third kappa shape index (κ3) is 5.02. The average molecular weight is 421 g/mol. The van der Waals surface area contributed by atoms with Gasteiger partial charge in [-0.1, -0.05) is 0 Å². The smallest absolute Gasteiger partial charge is 0.226 e. The zero-order valence-electron chi connectivity index (χ0n) is 17.3. The molecular weight excluding hydrogens is 392 g/mol. The molecular formula is C20H28N4O4S. The Kier molecular flexibility index (Phi) is 6.38. The summed E-state index contributed by atoms with van der Waals surface area (Å²) in [7, 11) is -1.71. The third-order valence-corrected chi connectivity index (χ3v) is 6.27. The fraction of sp³-hybridized carbons (Fsp3) is 0.550. The van der Waals surface area contributed by atoms with Crippen LogP contribution in [0.3, 0.4) is 0 Å². The molecule has 1 fully saturated rings. The molecule has 0 bridgehead atoms. The molecule has 1 N–H and O–H groups in total. The van der Waals surface area contributed by atoms with E-state index >= 15 is 0 Å². The topological polar surface area (TPSA) is 101 Å². The summed E-state index contributed by atoms with van der Waals surface area (Å²) in [6.07, 6.45) is 2.86. The van der Waals surface area contributed by atoms with Crippen LogP contribution in [-0.2, 0) is 19.4 Å². The van der Waals surface area contributed by atoms with Crippen LogP contribution < -0.4 is 10.2 Å². The zero-order chi connectivity index (χ0) is 21.2.